The van der Waals surface area contributed by atoms with Crippen molar-refractivity contribution in [1.82, 2.24) is 9.47 Å². The van der Waals surface area contributed by atoms with E-state index in [9.17, 15) is 9.50 Å². The number of methoxy groups -OCH3 is 1. The van der Waals surface area contributed by atoms with Crippen LogP contribution in [0.3, 0.4) is 0 Å². The molecule has 2 aliphatic rings. The molecule has 174 valence electrons. The van der Waals surface area contributed by atoms with Crippen LogP contribution in [-0.4, -0.2) is 28.2 Å². The molecule has 1 N–H and O–H groups in total. The van der Waals surface area contributed by atoms with Crippen LogP contribution in [0.2, 0.25) is 0 Å². The zero-order valence-corrected chi connectivity index (χ0v) is 19.1. The largest absolute Gasteiger partial charge is 0.493 e. The van der Waals surface area contributed by atoms with Crippen molar-refractivity contribution in [2.45, 2.75) is 38.8 Å². The Kier molecular flexibility index (Phi) is 5.27. The van der Waals surface area contributed by atoms with Crippen LogP contribution in [0, 0.1) is 5.82 Å². The van der Waals surface area contributed by atoms with E-state index in [0.29, 0.717) is 12.4 Å². The fraction of sp³-hybridized carbons (Fsp3) is 0.286. The van der Waals surface area contributed by atoms with Gasteiger partial charge in [-0.1, -0.05) is 30.3 Å². The Bertz CT molecular complexity index is 1360. The van der Waals surface area contributed by atoms with E-state index in [4.69, 9.17) is 9.47 Å². The molecule has 2 aliphatic heterocycles. The minimum atomic E-state index is -0.255. The quantitative estimate of drug-likeness (QED) is 0.459. The van der Waals surface area contributed by atoms with Gasteiger partial charge in [-0.3, -0.25) is 4.90 Å². The number of halogens is 1. The van der Waals surface area contributed by atoms with Crippen LogP contribution in [0.15, 0.2) is 60.7 Å². The van der Waals surface area contributed by atoms with Crippen molar-refractivity contribution < 1.29 is 19.0 Å². The first kappa shape index (κ1) is 21.2. The molecule has 0 saturated carbocycles. The summed E-state index contributed by atoms with van der Waals surface area (Å²) in [5, 5.41) is 11.3. The van der Waals surface area contributed by atoms with Gasteiger partial charge in [0.1, 0.15) is 19.2 Å². The van der Waals surface area contributed by atoms with Gasteiger partial charge in [0, 0.05) is 30.2 Å². The van der Waals surface area contributed by atoms with Gasteiger partial charge in [-0.05, 0) is 65.4 Å². The molecule has 0 amide bonds. The Morgan fingerprint density at radius 3 is 2.68 bits per heavy atom. The van der Waals surface area contributed by atoms with Crippen LogP contribution in [0.5, 0.6) is 11.5 Å². The Balaban J connectivity index is 1.36. The normalized spacial score (nSPS) is 17.2. The highest BCUT2D eigenvalue weighted by Gasteiger charge is 2.35. The van der Waals surface area contributed by atoms with Crippen molar-refractivity contribution in [2.75, 3.05) is 13.7 Å². The highest BCUT2D eigenvalue weighted by atomic mass is 19.1. The van der Waals surface area contributed by atoms with Crippen molar-refractivity contribution in [3.63, 3.8) is 0 Å². The van der Waals surface area contributed by atoms with E-state index in [1.54, 1.807) is 19.2 Å². The fourth-order valence-electron chi connectivity index (χ4n) is 5.59. The van der Waals surface area contributed by atoms with Gasteiger partial charge >= 0.3 is 0 Å². The van der Waals surface area contributed by atoms with E-state index in [1.165, 1.54) is 39.9 Å². The number of hydrogen-bond donors (Lipinski definition) is 1. The maximum absolute atomic E-state index is 13.3. The second-order valence-corrected chi connectivity index (χ2v) is 9.07. The topological polar surface area (TPSA) is 46.9 Å². The van der Waals surface area contributed by atoms with Crippen LogP contribution in [0.25, 0.3) is 10.9 Å². The van der Waals surface area contributed by atoms with Crippen LogP contribution >= 0.6 is 0 Å². The maximum Gasteiger partial charge on any atom is 0.162 e. The molecule has 6 rings (SSSR count). The summed E-state index contributed by atoms with van der Waals surface area (Å²) in [4.78, 5) is 2.51. The van der Waals surface area contributed by atoms with E-state index in [0.717, 1.165) is 42.8 Å². The minimum Gasteiger partial charge on any atom is -0.493 e. The summed E-state index contributed by atoms with van der Waals surface area (Å²) in [5.41, 5.74) is 7.09. The van der Waals surface area contributed by atoms with E-state index < -0.39 is 0 Å². The van der Waals surface area contributed by atoms with Gasteiger partial charge in [-0.15, -0.1) is 0 Å². The molecule has 6 heteroatoms. The predicted octanol–water partition coefficient (Wildman–Crippen LogP) is 4.97. The molecular weight excluding hydrogens is 431 g/mol. The van der Waals surface area contributed by atoms with Gasteiger partial charge in [-0.2, -0.15) is 0 Å². The molecule has 0 spiro atoms. The summed E-state index contributed by atoms with van der Waals surface area (Å²) < 4.78 is 27.1. The lowest BCUT2D eigenvalue weighted by atomic mass is 9.85. The number of ether oxygens (including phenoxy) is 2. The molecule has 5 nitrogen and oxygen atoms in total. The summed E-state index contributed by atoms with van der Waals surface area (Å²) in [7, 11) is 1.66. The molecule has 4 aromatic rings. The number of benzene rings is 3. The molecule has 1 unspecified atom stereocenters. The number of rotatable bonds is 5. The highest BCUT2D eigenvalue weighted by Crippen LogP contribution is 2.44. The molecule has 0 fully saturated rings. The van der Waals surface area contributed by atoms with Gasteiger partial charge in [0.05, 0.1) is 12.6 Å². The second kappa shape index (κ2) is 8.46. The van der Waals surface area contributed by atoms with E-state index >= 15 is 0 Å². The van der Waals surface area contributed by atoms with Crippen LogP contribution in [0.1, 0.15) is 34.0 Å². The van der Waals surface area contributed by atoms with E-state index in [2.05, 4.69) is 35.2 Å². The molecule has 0 saturated heterocycles. The molecule has 0 radical (unpaired) electrons. The van der Waals surface area contributed by atoms with E-state index in [-0.39, 0.29) is 18.6 Å². The van der Waals surface area contributed by atoms with Gasteiger partial charge in [0.15, 0.2) is 11.5 Å². The number of aliphatic hydroxyl groups is 1. The number of aromatic nitrogens is 1. The predicted molar refractivity (Wildman–Crippen MR) is 128 cm³/mol. The summed E-state index contributed by atoms with van der Waals surface area (Å²) in [6, 6.07) is 19.2. The lowest BCUT2D eigenvalue weighted by Gasteiger charge is -2.41. The van der Waals surface area contributed by atoms with Crippen molar-refractivity contribution in [1.29, 1.82) is 0 Å². The van der Waals surface area contributed by atoms with Crippen molar-refractivity contribution in [3.05, 3.63) is 94.4 Å². The Hall–Kier alpha value is -3.35. The summed E-state index contributed by atoms with van der Waals surface area (Å²) in [6.07, 6.45) is 1.83. The first-order valence-electron chi connectivity index (χ1n) is 11.7. The third kappa shape index (κ3) is 3.45. The number of para-hydroxylation sites is 1. The lowest BCUT2D eigenvalue weighted by Crippen LogP contribution is -2.39. The zero-order chi connectivity index (χ0) is 23.2. The monoisotopic (exact) mass is 458 g/mol. The van der Waals surface area contributed by atoms with E-state index in [1.807, 2.05) is 10.6 Å². The lowest BCUT2D eigenvalue weighted by molar-refractivity contribution is 0.145. The van der Waals surface area contributed by atoms with Crippen LogP contribution in [-0.2, 0) is 32.7 Å². The highest BCUT2D eigenvalue weighted by molar-refractivity contribution is 5.86. The van der Waals surface area contributed by atoms with Crippen molar-refractivity contribution in [3.8, 4) is 11.5 Å². The molecular formula is C28H27FN2O3. The number of hydrogen-bond acceptors (Lipinski definition) is 4. The van der Waals surface area contributed by atoms with Crippen molar-refractivity contribution in [2.24, 2.45) is 0 Å². The summed E-state index contributed by atoms with van der Waals surface area (Å²) in [6.45, 7) is 2.11. The number of nitrogens with zero attached hydrogens (tertiary/aromatic N) is 2. The Morgan fingerprint density at radius 2 is 1.88 bits per heavy atom. The first-order chi connectivity index (χ1) is 16.7. The first-order valence-corrected chi connectivity index (χ1v) is 11.7. The average Bonchev–Trinajstić information content (AvgIpc) is 3.19. The maximum atomic E-state index is 13.3. The van der Waals surface area contributed by atoms with Gasteiger partial charge in [0.2, 0.25) is 0 Å². The minimum absolute atomic E-state index is 0.0104. The van der Waals surface area contributed by atoms with Gasteiger partial charge in [-0.25, -0.2) is 4.39 Å². The van der Waals surface area contributed by atoms with Gasteiger partial charge < -0.3 is 19.1 Å². The van der Waals surface area contributed by atoms with Crippen LogP contribution < -0.4 is 9.47 Å². The smallest absolute Gasteiger partial charge is 0.162 e. The third-order valence-corrected chi connectivity index (χ3v) is 7.29. The third-order valence-electron chi connectivity index (χ3n) is 7.29. The van der Waals surface area contributed by atoms with Crippen LogP contribution in [0.4, 0.5) is 4.39 Å². The Labute approximate surface area is 198 Å². The molecule has 3 heterocycles. The SMILES string of the molecule is COc1cc2c(cc1OCc1ccc(F)cc1)C1Cc3c(n(CO)c4ccccc34)CN1CC2. The summed E-state index contributed by atoms with van der Waals surface area (Å²) >= 11 is 0. The average molecular weight is 459 g/mol. The van der Waals surface area contributed by atoms with Gasteiger partial charge in [0.25, 0.3) is 0 Å². The molecule has 3 aromatic carbocycles. The number of fused-ring (bicyclic) bond motifs is 6. The standard InChI is InChI=1S/C28H27FN2O3/c1-33-27-12-19-10-11-30-15-26-23(21-4-2-3-5-24(21)31(26)17-32)13-25(30)22(19)14-28(27)34-16-18-6-8-20(29)9-7-18/h2-9,12,14,25,32H,10-11,13,15-17H2,1H3. The van der Waals surface area contributed by atoms with Crippen molar-refractivity contribution >= 4 is 10.9 Å². The fourth-order valence-corrected chi connectivity index (χ4v) is 5.59. The molecule has 1 aromatic heterocycles. The zero-order valence-electron chi connectivity index (χ0n) is 19.1. The summed E-state index contributed by atoms with van der Waals surface area (Å²) in [5.74, 6) is 1.17. The number of aliphatic hydroxyl groups excluding tert-OH is 1. The molecule has 0 bridgehead atoms. The Morgan fingerprint density at radius 1 is 1.06 bits per heavy atom. The molecule has 0 aliphatic carbocycles. The second-order valence-electron chi connectivity index (χ2n) is 9.07. The molecule has 1 atom stereocenters. The molecule has 34 heavy (non-hydrogen) atoms.